The Morgan fingerprint density at radius 2 is 1.88 bits per heavy atom. The van der Waals surface area contributed by atoms with Crippen LogP contribution in [0.3, 0.4) is 0 Å². The molecule has 1 unspecified atom stereocenters. The zero-order valence-electron chi connectivity index (χ0n) is 14.0. The standard InChI is InChI=1S/C19H18FN5/c1-12(22-19-23-17-5-3-4-6-18(17)24-19)16-11-21-25(13(16)2)15-9-7-14(20)8-10-15/h3-12H,1-2H3,(H2,22,23,24). The van der Waals surface area contributed by atoms with Crippen LogP contribution in [0.4, 0.5) is 10.3 Å². The van der Waals surface area contributed by atoms with Crippen molar-refractivity contribution in [2.24, 2.45) is 0 Å². The van der Waals surface area contributed by atoms with Gasteiger partial charge in [-0.2, -0.15) is 5.10 Å². The van der Waals surface area contributed by atoms with E-state index in [1.807, 2.05) is 42.1 Å². The van der Waals surface area contributed by atoms with Gasteiger partial charge in [-0.15, -0.1) is 0 Å². The summed E-state index contributed by atoms with van der Waals surface area (Å²) in [5, 5.41) is 7.83. The summed E-state index contributed by atoms with van der Waals surface area (Å²) in [6, 6.07) is 14.2. The molecule has 0 aliphatic heterocycles. The Kier molecular flexibility index (Phi) is 3.72. The number of aromatic nitrogens is 4. The molecule has 5 nitrogen and oxygen atoms in total. The van der Waals surface area contributed by atoms with Crippen LogP contribution in [0.5, 0.6) is 0 Å². The van der Waals surface area contributed by atoms with Crippen molar-refractivity contribution >= 4 is 17.0 Å². The van der Waals surface area contributed by atoms with Crippen LogP contribution in [0.25, 0.3) is 16.7 Å². The molecule has 6 heteroatoms. The van der Waals surface area contributed by atoms with Crippen molar-refractivity contribution in [1.82, 2.24) is 19.7 Å². The molecule has 4 aromatic rings. The third-order valence-electron chi connectivity index (χ3n) is 4.33. The number of nitrogens with one attached hydrogen (secondary N) is 2. The molecule has 0 amide bonds. The summed E-state index contributed by atoms with van der Waals surface area (Å²) in [5.41, 5.74) is 4.82. The van der Waals surface area contributed by atoms with Gasteiger partial charge in [-0.1, -0.05) is 12.1 Å². The van der Waals surface area contributed by atoms with Gasteiger partial charge in [0.1, 0.15) is 5.82 Å². The smallest absolute Gasteiger partial charge is 0.201 e. The summed E-state index contributed by atoms with van der Waals surface area (Å²) in [7, 11) is 0. The summed E-state index contributed by atoms with van der Waals surface area (Å²) >= 11 is 0. The highest BCUT2D eigenvalue weighted by Crippen LogP contribution is 2.24. The third-order valence-corrected chi connectivity index (χ3v) is 4.33. The highest BCUT2D eigenvalue weighted by atomic mass is 19.1. The minimum absolute atomic E-state index is 0.0229. The van der Waals surface area contributed by atoms with Crippen molar-refractivity contribution < 1.29 is 4.39 Å². The van der Waals surface area contributed by atoms with Crippen LogP contribution < -0.4 is 5.32 Å². The molecule has 0 bridgehead atoms. The molecular formula is C19H18FN5. The van der Waals surface area contributed by atoms with Gasteiger partial charge in [0.15, 0.2) is 0 Å². The Labute approximate surface area is 144 Å². The quantitative estimate of drug-likeness (QED) is 0.582. The zero-order valence-corrected chi connectivity index (χ0v) is 14.0. The van der Waals surface area contributed by atoms with Gasteiger partial charge in [-0.3, -0.25) is 0 Å². The fourth-order valence-electron chi connectivity index (χ4n) is 2.99. The predicted octanol–water partition coefficient (Wildman–Crippen LogP) is 4.37. The van der Waals surface area contributed by atoms with Gasteiger partial charge in [-0.25, -0.2) is 14.1 Å². The number of nitrogens with zero attached hydrogens (tertiary/aromatic N) is 3. The number of benzene rings is 2. The second kappa shape index (κ2) is 6.05. The fraction of sp³-hybridized carbons (Fsp3) is 0.158. The Morgan fingerprint density at radius 3 is 2.64 bits per heavy atom. The van der Waals surface area contributed by atoms with Gasteiger partial charge in [0.2, 0.25) is 5.95 Å². The number of rotatable bonds is 4. The lowest BCUT2D eigenvalue weighted by Gasteiger charge is -2.13. The molecule has 0 saturated heterocycles. The number of fused-ring (bicyclic) bond motifs is 1. The first-order valence-corrected chi connectivity index (χ1v) is 8.13. The molecule has 1 atom stereocenters. The van der Waals surface area contributed by atoms with Gasteiger partial charge in [-0.05, 0) is 50.2 Å². The molecular weight excluding hydrogens is 317 g/mol. The van der Waals surface area contributed by atoms with Crippen LogP contribution in [0.1, 0.15) is 24.2 Å². The minimum atomic E-state index is -0.256. The molecule has 2 N–H and O–H groups in total. The lowest BCUT2D eigenvalue weighted by atomic mass is 10.1. The van der Waals surface area contributed by atoms with Crippen LogP contribution >= 0.6 is 0 Å². The van der Waals surface area contributed by atoms with Gasteiger partial charge < -0.3 is 10.3 Å². The van der Waals surface area contributed by atoms with Crippen molar-refractivity contribution in [3.05, 3.63) is 71.8 Å². The number of aromatic amines is 1. The average Bonchev–Trinajstić information content (AvgIpc) is 3.18. The molecule has 0 saturated carbocycles. The van der Waals surface area contributed by atoms with Gasteiger partial charge in [0.05, 0.1) is 29.0 Å². The second-order valence-corrected chi connectivity index (χ2v) is 6.04. The molecule has 25 heavy (non-hydrogen) atoms. The van der Waals surface area contributed by atoms with Crippen molar-refractivity contribution in [3.8, 4) is 5.69 Å². The van der Waals surface area contributed by atoms with Crippen molar-refractivity contribution in [1.29, 1.82) is 0 Å². The molecule has 2 aromatic carbocycles. The summed E-state index contributed by atoms with van der Waals surface area (Å²) < 4.78 is 14.9. The molecule has 2 heterocycles. The number of H-pyrrole nitrogens is 1. The van der Waals surface area contributed by atoms with Crippen molar-refractivity contribution in [2.45, 2.75) is 19.9 Å². The Morgan fingerprint density at radius 1 is 1.12 bits per heavy atom. The Balaban J connectivity index is 1.60. The van der Waals surface area contributed by atoms with E-state index in [9.17, 15) is 4.39 Å². The minimum Gasteiger partial charge on any atom is -0.349 e. The van der Waals surface area contributed by atoms with Gasteiger partial charge in [0.25, 0.3) is 0 Å². The van der Waals surface area contributed by atoms with E-state index in [-0.39, 0.29) is 11.9 Å². The van der Waals surface area contributed by atoms with Crippen LogP contribution in [0.2, 0.25) is 0 Å². The molecule has 4 rings (SSSR count). The third kappa shape index (κ3) is 2.87. The summed E-state index contributed by atoms with van der Waals surface area (Å²) in [6.07, 6.45) is 1.83. The van der Waals surface area contributed by atoms with Gasteiger partial charge >= 0.3 is 0 Å². The summed E-state index contributed by atoms with van der Waals surface area (Å²) in [5.74, 6) is 0.469. The maximum absolute atomic E-state index is 13.1. The predicted molar refractivity (Wildman–Crippen MR) is 96.4 cm³/mol. The summed E-state index contributed by atoms with van der Waals surface area (Å²) in [6.45, 7) is 4.06. The summed E-state index contributed by atoms with van der Waals surface area (Å²) in [4.78, 5) is 7.82. The maximum atomic E-state index is 13.1. The first kappa shape index (κ1) is 15.4. The molecule has 0 radical (unpaired) electrons. The zero-order chi connectivity index (χ0) is 17.4. The Bertz CT molecular complexity index is 983. The van der Waals surface area contributed by atoms with Gasteiger partial charge in [0, 0.05) is 11.3 Å². The maximum Gasteiger partial charge on any atom is 0.201 e. The molecule has 2 aromatic heterocycles. The molecule has 0 aliphatic rings. The number of para-hydroxylation sites is 2. The number of hydrogen-bond donors (Lipinski definition) is 2. The lowest BCUT2D eigenvalue weighted by molar-refractivity contribution is 0.627. The largest absolute Gasteiger partial charge is 0.349 e. The molecule has 0 aliphatic carbocycles. The highest BCUT2D eigenvalue weighted by molar-refractivity contribution is 5.77. The first-order chi connectivity index (χ1) is 12.1. The number of halogens is 1. The van der Waals surface area contributed by atoms with Crippen LogP contribution in [-0.4, -0.2) is 19.7 Å². The number of hydrogen-bond acceptors (Lipinski definition) is 3. The second-order valence-electron chi connectivity index (χ2n) is 6.04. The monoisotopic (exact) mass is 335 g/mol. The molecule has 0 fully saturated rings. The first-order valence-electron chi connectivity index (χ1n) is 8.13. The van der Waals surface area contributed by atoms with Crippen LogP contribution in [0.15, 0.2) is 54.7 Å². The van der Waals surface area contributed by atoms with E-state index in [0.29, 0.717) is 0 Å². The van der Waals surface area contributed by atoms with E-state index >= 15 is 0 Å². The fourth-order valence-corrected chi connectivity index (χ4v) is 2.99. The van der Waals surface area contributed by atoms with E-state index in [1.54, 1.807) is 12.1 Å². The van der Waals surface area contributed by atoms with Crippen molar-refractivity contribution in [2.75, 3.05) is 5.32 Å². The number of anilines is 1. The van der Waals surface area contributed by atoms with E-state index in [4.69, 9.17) is 0 Å². The average molecular weight is 335 g/mol. The lowest BCUT2D eigenvalue weighted by Crippen LogP contribution is -2.09. The van der Waals surface area contributed by atoms with E-state index < -0.39 is 0 Å². The van der Waals surface area contributed by atoms with Crippen LogP contribution in [0, 0.1) is 12.7 Å². The van der Waals surface area contributed by atoms with Crippen molar-refractivity contribution in [3.63, 3.8) is 0 Å². The molecule has 0 spiro atoms. The van der Waals surface area contributed by atoms with Crippen LogP contribution in [-0.2, 0) is 0 Å². The Hall–Kier alpha value is -3.15. The highest BCUT2D eigenvalue weighted by Gasteiger charge is 2.15. The van der Waals surface area contributed by atoms with E-state index in [2.05, 4.69) is 27.3 Å². The topological polar surface area (TPSA) is 58.5 Å². The molecule has 126 valence electrons. The van der Waals surface area contributed by atoms with E-state index in [0.717, 1.165) is 33.9 Å². The SMILES string of the molecule is Cc1c(C(C)Nc2nc3ccccc3[nH]2)cnn1-c1ccc(F)cc1. The number of imidazole rings is 1. The van der Waals surface area contributed by atoms with E-state index in [1.165, 1.54) is 12.1 Å². The normalized spacial score (nSPS) is 12.4.